The van der Waals surface area contributed by atoms with E-state index in [0.717, 1.165) is 68.1 Å². The molecule has 1 saturated heterocycles. The Morgan fingerprint density at radius 2 is 1.91 bits per heavy atom. The van der Waals surface area contributed by atoms with Gasteiger partial charge in [0.1, 0.15) is 11.5 Å². The average Bonchev–Trinajstić information content (AvgIpc) is 2.77. The van der Waals surface area contributed by atoms with E-state index in [0.29, 0.717) is 18.8 Å². The second kappa shape index (κ2) is 9.09. The van der Waals surface area contributed by atoms with Gasteiger partial charge >= 0.3 is 0 Å². The maximum absolute atomic E-state index is 14.6. The highest BCUT2D eigenvalue weighted by atomic mass is 19.1. The Hall–Kier alpha value is -3.00. The molecule has 0 aromatic heterocycles. The summed E-state index contributed by atoms with van der Waals surface area (Å²) in [6.45, 7) is 6.21. The van der Waals surface area contributed by atoms with E-state index in [1.165, 1.54) is 6.07 Å². The Morgan fingerprint density at radius 1 is 1.12 bits per heavy atom. The van der Waals surface area contributed by atoms with Gasteiger partial charge in [0.05, 0.1) is 17.8 Å². The van der Waals surface area contributed by atoms with Crippen LogP contribution in [0.3, 0.4) is 0 Å². The van der Waals surface area contributed by atoms with Crippen LogP contribution in [0.4, 0.5) is 25.8 Å². The summed E-state index contributed by atoms with van der Waals surface area (Å²) in [5, 5.41) is 6.12. The monoisotopic (exact) mass is 453 g/mol. The van der Waals surface area contributed by atoms with Crippen molar-refractivity contribution in [2.45, 2.75) is 38.8 Å². The maximum atomic E-state index is 14.6. The number of nitrogens with zero attached hydrogens (tertiary/aromatic N) is 3. The van der Waals surface area contributed by atoms with Gasteiger partial charge in [0.25, 0.3) is 5.91 Å². The smallest absolute Gasteiger partial charge is 0.254 e. The van der Waals surface area contributed by atoms with E-state index in [2.05, 4.69) is 25.4 Å². The van der Waals surface area contributed by atoms with Crippen LogP contribution in [0.2, 0.25) is 0 Å². The summed E-state index contributed by atoms with van der Waals surface area (Å²) in [6, 6.07) is 8.58. The average molecular weight is 454 g/mol. The molecule has 2 N–H and O–H groups in total. The number of hydrogen-bond acceptors (Lipinski definition) is 5. The highest BCUT2D eigenvalue weighted by Gasteiger charge is 2.24. The van der Waals surface area contributed by atoms with Gasteiger partial charge in [-0.3, -0.25) is 14.7 Å². The number of halogens is 2. The zero-order valence-corrected chi connectivity index (χ0v) is 18.8. The molecule has 5 rings (SSSR count). The van der Waals surface area contributed by atoms with Crippen LogP contribution >= 0.6 is 0 Å². The Balaban J connectivity index is 1.19. The van der Waals surface area contributed by atoms with Crippen molar-refractivity contribution >= 4 is 28.7 Å². The Morgan fingerprint density at radius 3 is 2.61 bits per heavy atom. The predicted molar refractivity (Wildman–Crippen MR) is 127 cm³/mol. The van der Waals surface area contributed by atoms with Crippen molar-refractivity contribution in [1.82, 2.24) is 10.2 Å². The molecule has 1 aliphatic carbocycles. The zero-order chi connectivity index (χ0) is 22.9. The van der Waals surface area contributed by atoms with Crippen LogP contribution in [0.25, 0.3) is 0 Å². The zero-order valence-electron chi connectivity index (χ0n) is 18.8. The van der Waals surface area contributed by atoms with E-state index < -0.39 is 5.82 Å². The van der Waals surface area contributed by atoms with Crippen molar-refractivity contribution in [3.63, 3.8) is 0 Å². The number of piperazine rings is 1. The molecular weight excluding hydrogens is 424 g/mol. The van der Waals surface area contributed by atoms with Crippen molar-refractivity contribution in [2.75, 3.05) is 42.9 Å². The maximum Gasteiger partial charge on any atom is 0.254 e. The molecule has 0 spiro atoms. The highest BCUT2D eigenvalue weighted by Crippen LogP contribution is 2.33. The van der Waals surface area contributed by atoms with Crippen molar-refractivity contribution < 1.29 is 13.6 Å². The first-order valence-corrected chi connectivity index (χ1v) is 11.6. The lowest BCUT2D eigenvalue weighted by Gasteiger charge is -2.36. The highest BCUT2D eigenvalue weighted by molar-refractivity contribution is 5.95. The van der Waals surface area contributed by atoms with Crippen LogP contribution in [-0.4, -0.2) is 55.3 Å². The molecule has 0 radical (unpaired) electrons. The fraction of sp³-hybridized carbons (Fsp3) is 0.440. The van der Waals surface area contributed by atoms with Crippen molar-refractivity contribution in [3.05, 3.63) is 53.1 Å². The fourth-order valence-electron chi connectivity index (χ4n) is 4.57. The van der Waals surface area contributed by atoms with Crippen molar-refractivity contribution in [2.24, 2.45) is 4.99 Å². The first-order chi connectivity index (χ1) is 16.0. The van der Waals surface area contributed by atoms with E-state index >= 15 is 0 Å². The number of fused-ring (bicyclic) bond motifs is 1. The number of carbonyl (C=O) groups excluding carboxylic acids is 1. The van der Waals surface area contributed by atoms with E-state index in [1.54, 1.807) is 12.1 Å². The molecule has 2 aromatic carbocycles. The minimum atomic E-state index is -0.485. The largest absolute Gasteiger partial charge is 0.378 e. The van der Waals surface area contributed by atoms with Gasteiger partial charge in [0.15, 0.2) is 5.82 Å². The lowest BCUT2D eigenvalue weighted by Crippen LogP contribution is -2.46. The van der Waals surface area contributed by atoms with Crippen molar-refractivity contribution in [1.29, 1.82) is 0 Å². The SMILES string of the molecule is CC1=Nc2c(F)cc(CN3CCN(c4ccc(C(=O)NC5CCC5)c(F)c4)CC3)cc2NC1. The Bertz CT molecular complexity index is 1090. The molecule has 33 heavy (non-hydrogen) atoms. The Kier molecular flexibility index (Phi) is 6.01. The third-order valence-corrected chi connectivity index (χ3v) is 6.74. The molecule has 3 aliphatic rings. The standard InChI is InChI=1S/C25H29F2N5O/c1-16-14-28-23-12-17(11-22(27)24(23)29-16)15-31-7-9-32(10-8-31)19-5-6-20(21(26)13-19)25(33)30-18-3-2-4-18/h5-6,11-13,18,28H,2-4,7-10,14-15H2,1H3,(H,30,33). The summed E-state index contributed by atoms with van der Waals surface area (Å²) in [5.41, 5.74) is 3.80. The molecule has 1 amide bonds. The molecule has 0 atom stereocenters. The summed E-state index contributed by atoms with van der Waals surface area (Å²) >= 11 is 0. The lowest BCUT2D eigenvalue weighted by molar-refractivity contribution is 0.0913. The van der Waals surface area contributed by atoms with Gasteiger partial charge < -0.3 is 15.5 Å². The number of benzene rings is 2. The minimum Gasteiger partial charge on any atom is -0.378 e. The second-order valence-corrected chi connectivity index (χ2v) is 9.20. The molecule has 0 bridgehead atoms. The molecule has 8 heteroatoms. The minimum absolute atomic E-state index is 0.104. The normalized spacial score (nSPS) is 18.8. The summed E-state index contributed by atoms with van der Waals surface area (Å²) < 4.78 is 29.2. The van der Waals surface area contributed by atoms with Gasteiger partial charge in [-0.15, -0.1) is 0 Å². The molecule has 2 aromatic rings. The quantitative estimate of drug-likeness (QED) is 0.716. The lowest BCUT2D eigenvalue weighted by atomic mass is 9.93. The molecule has 2 heterocycles. The van der Waals surface area contributed by atoms with Gasteiger partial charge in [-0.2, -0.15) is 0 Å². The number of rotatable bonds is 5. The van der Waals surface area contributed by atoms with E-state index in [1.807, 2.05) is 19.1 Å². The van der Waals surface area contributed by atoms with E-state index in [-0.39, 0.29) is 23.3 Å². The van der Waals surface area contributed by atoms with Gasteiger partial charge in [-0.25, -0.2) is 8.78 Å². The molecule has 0 unspecified atom stereocenters. The number of aliphatic imine (C=N–C) groups is 1. The van der Waals surface area contributed by atoms with E-state index in [4.69, 9.17) is 0 Å². The molecule has 6 nitrogen and oxygen atoms in total. The first-order valence-electron chi connectivity index (χ1n) is 11.6. The molecule has 2 aliphatic heterocycles. The second-order valence-electron chi connectivity index (χ2n) is 9.20. The van der Waals surface area contributed by atoms with Crippen LogP contribution in [0.15, 0.2) is 35.3 Å². The number of amides is 1. The predicted octanol–water partition coefficient (Wildman–Crippen LogP) is 4.09. The Labute approximate surface area is 192 Å². The van der Waals surface area contributed by atoms with Crippen LogP contribution in [0, 0.1) is 11.6 Å². The number of hydrogen-bond donors (Lipinski definition) is 2. The summed E-state index contributed by atoms with van der Waals surface area (Å²) in [6.07, 6.45) is 3.06. The number of carbonyl (C=O) groups is 1. The van der Waals surface area contributed by atoms with E-state index in [9.17, 15) is 13.6 Å². The van der Waals surface area contributed by atoms with Crippen LogP contribution in [0.1, 0.15) is 42.1 Å². The van der Waals surface area contributed by atoms with Gasteiger partial charge in [0.2, 0.25) is 0 Å². The summed E-state index contributed by atoms with van der Waals surface area (Å²) in [7, 11) is 0. The first kappa shape index (κ1) is 21.8. The fourth-order valence-corrected chi connectivity index (χ4v) is 4.57. The van der Waals surface area contributed by atoms with Gasteiger partial charge in [0, 0.05) is 50.2 Å². The molecule has 1 saturated carbocycles. The van der Waals surface area contributed by atoms with Gasteiger partial charge in [-0.05, 0) is 62.1 Å². The number of anilines is 2. The third kappa shape index (κ3) is 4.71. The summed E-state index contributed by atoms with van der Waals surface area (Å²) in [5.74, 6) is -1.12. The third-order valence-electron chi connectivity index (χ3n) is 6.74. The topological polar surface area (TPSA) is 60.0 Å². The van der Waals surface area contributed by atoms with Crippen molar-refractivity contribution in [3.8, 4) is 0 Å². The summed E-state index contributed by atoms with van der Waals surface area (Å²) in [4.78, 5) is 21.0. The molecular formula is C25H29F2N5O. The molecule has 2 fully saturated rings. The van der Waals surface area contributed by atoms with Crippen LogP contribution in [-0.2, 0) is 6.54 Å². The van der Waals surface area contributed by atoms with Crippen LogP contribution < -0.4 is 15.5 Å². The van der Waals surface area contributed by atoms with Gasteiger partial charge in [-0.1, -0.05) is 0 Å². The molecule has 174 valence electrons. The van der Waals surface area contributed by atoms with Crippen LogP contribution in [0.5, 0.6) is 0 Å². The number of nitrogens with one attached hydrogen (secondary N) is 2.